The molecular weight excluding hydrogens is 610 g/mol. The van der Waals surface area contributed by atoms with Crippen LogP contribution in [0.2, 0.25) is 0 Å². The van der Waals surface area contributed by atoms with Gasteiger partial charge in [0.05, 0.1) is 23.8 Å². The molecule has 0 unspecified atom stereocenters. The van der Waals surface area contributed by atoms with Gasteiger partial charge in [0.15, 0.2) is 16.6 Å². The fourth-order valence-electron chi connectivity index (χ4n) is 4.97. The standard InChI is InChI=1S/C30H43N5O5S2.ClH/c1-5-7-16-35(17-8-6-2)42(37,38)24-11-9-23(10-12-24)29(36)31-15-18-33-19-21-34(22-20-33)30-32-27-26(41-30)14-13-25(39-3)28(27)40-4;/h9-14H,5-8,15-22H2,1-4H3,(H,31,36);1H. The van der Waals surface area contributed by atoms with Gasteiger partial charge < -0.3 is 19.7 Å². The van der Waals surface area contributed by atoms with Gasteiger partial charge in [-0.3, -0.25) is 9.69 Å². The molecule has 2 heterocycles. The molecule has 1 aliphatic rings. The van der Waals surface area contributed by atoms with Crippen molar-refractivity contribution < 1.29 is 22.7 Å². The van der Waals surface area contributed by atoms with Crippen molar-refractivity contribution in [2.24, 2.45) is 0 Å². The average molecular weight is 654 g/mol. The number of nitrogens with zero attached hydrogens (tertiary/aromatic N) is 4. The molecule has 1 N–H and O–H groups in total. The van der Waals surface area contributed by atoms with Crippen LogP contribution in [0.4, 0.5) is 5.13 Å². The Morgan fingerprint density at radius 2 is 1.63 bits per heavy atom. The number of nitrogens with one attached hydrogen (secondary N) is 1. The fourth-order valence-corrected chi connectivity index (χ4v) is 7.51. The molecule has 0 spiro atoms. The predicted molar refractivity (Wildman–Crippen MR) is 176 cm³/mol. The Hall–Kier alpha value is -2.64. The lowest BCUT2D eigenvalue weighted by Crippen LogP contribution is -2.48. The number of fused-ring (bicyclic) bond motifs is 1. The summed E-state index contributed by atoms with van der Waals surface area (Å²) in [5.41, 5.74) is 1.27. The van der Waals surface area contributed by atoms with E-state index in [-0.39, 0.29) is 23.2 Å². The lowest BCUT2D eigenvalue weighted by atomic mass is 10.2. The van der Waals surface area contributed by atoms with E-state index in [4.69, 9.17) is 14.5 Å². The van der Waals surface area contributed by atoms with Crippen LogP contribution in [0.25, 0.3) is 10.2 Å². The van der Waals surface area contributed by atoms with Crippen molar-refractivity contribution in [2.75, 3.05) is 71.5 Å². The number of halogens is 1. The molecule has 43 heavy (non-hydrogen) atoms. The highest BCUT2D eigenvalue weighted by Crippen LogP contribution is 2.40. The highest BCUT2D eigenvalue weighted by molar-refractivity contribution is 7.89. The number of ether oxygens (including phenoxy) is 2. The SMILES string of the molecule is CCCCN(CCCC)S(=O)(=O)c1ccc(C(=O)NCCN2CCN(c3nc4c(OC)c(OC)ccc4s3)CC2)cc1.Cl. The van der Waals surface area contributed by atoms with Crippen molar-refractivity contribution >= 4 is 55.0 Å². The van der Waals surface area contributed by atoms with Crippen LogP contribution in [0, 0.1) is 0 Å². The summed E-state index contributed by atoms with van der Waals surface area (Å²) < 4.78 is 40.0. The van der Waals surface area contributed by atoms with Crippen molar-refractivity contribution in [3.8, 4) is 11.5 Å². The maximum absolute atomic E-state index is 13.2. The summed E-state index contributed by atoms with van der Waals surface area (Å²) >= 11 is 1.65. The number of hydrogen-bond acceptors (Lipinski definition) is 9. The van der Waals surface area contributed by atoms with Crippen molar-refractivity contribution in [2.45, 2.75) is 44.4 Å². The molecule has 1 saturated heterocycles. The van der Waals surface area contributed by atoms with Gasteiger partial charge in [0.25, 0.3) is 5.91 Å². The van der Waals surface area contributed by atoms with E-state index in [0.717, 1.165) is 73.8 Å². The second-order valence-electron chi connectivity index (χ2n) is 10.4. The maximum atomic E-state index is 13.2. The molecule has 10 nitrogen and oxygen atoms in total. The third-order valence-corrected chi connectivity index (χ3v) is 10.5. The quantitative estimate of drug-likeness (QED) is 0.248. The van der Waals surface area contributed by atoms with Crippen LogP contribution < -0.4 is 19.7 Å². The zero-order chi connectivity index (χ0) is 30.1. The van der Waals surface area contributed by atoms with E-state index in [1.54, 1.807) is 54.1 Å². The number of carbonyl (C=O) groups excluding carboxylic acids is 1. The van der Waals surface area contributed by atoms with Crippen LogP contribution in [-0.2, 0) is 10.0 Å². The van der Waals surface area contributed by atoms with E-state index < -0.39 is 10.0 Å². The molecule has 0 aliphatic carbocycles. The second kappa shape index (κ2) is 16.4. The van der Waals surface area contributed by atoms with Gasteiger partial charge in [-0.25, -0.2) is 13.4 Å². The van der Waals surface area contributed by atoms with Gasteiger partial charge in [-0.05, 0) is 49.2 Å². The first-order valence-electron chi connectivity index (χ1n) is 14.7. The number of thiazole rings is 1. The Labute approximate surface area is 265 Å². The van der Waals surface area contributed by atoms with E-state index in [0.29, 0.717) is 36.7 Å². The van der Waals surface area contributed by atoms with Gasteiger partial charge in [-0.2, -0.15) is 4.31 Å². The molecule has 1 aliphatic heterocycles. The van der Waals surface area contributed by atoms with E-state index in [2.05, 4.69) is 29.0 Å². The van der Waals surface area contributed by atoms with E-state index in [1.807, 2.05) is 12.1 Å². The normalized spacial score (nSPS) is 14.1. The number of amides is 1. The van der Waals surface area contributed by atoms with Crippen molar-refractivity contribution in [1.29, 1.82) is 0 Å². The van der Waals surface area contributed by atoms with Crippen LogP contribution in [0.1, 0.15) is 49.9 Å². The summed E-state index contributed by atoms with van der Waals surface area (Å²) in [6, 6.07) is 10.2. The smallest absolute Gasteiger partial charge is 0.251 e. The average Bonchev–Trinajstić information content (AvgIpc) is 3.45. The van der Waals surface area contributed by atoms with Gasteiger partial charge in [0.2, 0.25) is 10.0 Å². The van der Waals surface area contributed by atoms with Gasteiger partial charge in [0.1, 0.15) is 5.52 Å². The van der Waals surface area contributed by atoms with Gasteiger partial charge in [-0.15, -0.1) is 12.4 Å². The summed E-state index contributed by atoms with van der Waals surface area (Å²) in [5.74, 6) is 1.13. The Bertz CT molecular complexity index is 1420. The molecule has 238 valence electrons. The summed E-state index contributed by atoms with van der Waals surface area (Å²) in [4.78, 5) is 22.4. The Morgan fingerprint density at radius 1 is 0.977 bits per heavy atom. The number of aromatic nitrogens is 1. The summed E-state index contributed by atoms with van der Waals surface area (Å²) in [6.07, 6.45) is 3.51. The van der Waals surface area contributed by atoms with Crippen LogP contribution in [0.5, 0.6) is 11.5 Å². The Morgan fingerprint density at radius 3 is 2.21 bits per heavy atom. The summed E-state index contributed by atoms with van der Waals surface area (Å²) in [5, 5.41) is 3.94. The molecule has 1 amide bonds. The number of benzene rings is 2. The molecule has 0 radical (unpaired) electrons. The first kappa shape index (κ1) is 34.8. The molecule has 0 saturated carbocycles. The van der Waals surface area contributed by atoms with Gasteiger partial charge >= 0.3 is 0 Å². The first-order chi connectivity index (χ1) is 20.3. The molecule has 1 aromatic heterocycles. The number of methoxy groups -OCH3 is 2. The van der Waals surface area contributed by atoms with Gasteiger partial charge in [0, 0.05) is 57.9 Å². The number of hydrogen-bond donors (Lipinski definition) is 1. The van der Waals surface area contributed by atoms with Crippen LogP contribution in [0.15, 0.2) is 41.3 Å². The molecule has 2 aromatic carbocycles. The molecule has 0 bridgehead atoms. The van der Waals surface area contributed by atoms with Crippen LogP contribution in [-0.4, -0.2) is 95.1 Å². The highest BCUT2D eigenvalue weighted by Gasteiger charge is 2.24. The van der Waals surface area contributed by atoms with E-state index in [9.17, 15) is 13.2 Å². The van der Waals surface area contributed by atoms with Crippen LogP contribution >= 0.6 is 23.7 Å². The fraction of sp³-hybridized carbons (Fsp3) is 0.533. The molecule has 3 aromatic rings. The van der Waals surface area contributed by atoms with Crippen LogP contribution in [0.3, 0.4) is 0 Å². The number of unbranched alkanes of at least 4 members (excludes halogenated alkanes) is 2. The van der Waals surface area contributed by atoms with E-state index >= 15 is 0 Å². The Balaban J connectivity index is 0.00000506. The third kappa shape index (κ3) is 8.51. The largest absolute Gasteiger partial charge is 0.493 e. The Kier molecular flexibility index (Phi) is 13.3. The maximum Gasteiger partial charge on any atom is 0.251 e. The minimum atomic E-state index is -3.58. The number of sulfonamides is 1. The number of carbonyl (C=O) groups is 1. The monoisotopic (exact) mass is 653 g/mol. The highest BCUT2D eigenvalue weighted by atomic mass is 35.5. The predicted octanol–water partition coefficient (Wildman–Crippen LogP) is 4.88. The topological polar surface area (TPSA) is 104 Å². The van der Waals surface area contributed by atoms with Crippen molar-refractivity contribution in [1.82, 2.24) is 19.5 Å². The first-order valence-corrected chi connectivity index (χ1v) is 16.9. The zero-order valence-corrected chi connectivity index (χ0v) is 28.0. The number of piperazine rings is 1. The zero-order valence-electron chi connectivity index (χ0n) is 25.5. The molecular formula is C30H44ClN5O5S2. The lowest BCUT2D eigenvalue weighted by molar-refractivity contribution is 0.0947. The molecule has 0 atom stereocenters. The van der Waals surface area contributed by atoms with Crippen molar-refractivity contribution in [3.63, 3.8) is 0 Å². The molecule has 4 rings (SSSR count). The molecule has 13 heteroatoms. The summed E-state index contributed by atoms with van der Waals surface area (Å²) in [7, 11) is -0.330. The van der Waals surface area contributed by atoms with E-state index in [1.165, 1.54) is 0 Å². The minimum absolute atomic E-state index is 0. The lowest BCUT2D eigenvalue weighted by Gasteiger charge is -2.34. The molecule has 1 fully saturated rings. The van der Waals surface area contributed by atoms with Gasteiger partial charge in [-0.1, -0.05) is 38.0 Å². The minimum Gasteiger partial charge on any atom is -0.493 e. The number of rotatable bonds is 15. The third-order valence-electron chi connectivity index (χ3n) is 7.52. The number of anilines is 1. The second-order valence-corrected chi connectivity index (χ2v) is 13.3. The summed E-state index contributed by atoms with van der Waals surface area (Å²) in [6.45, 7) is 9.80. The van der Waals surface area contributed by atoms with Crippen molar-refractivity contribution in [3.05, 3.63) is 42.0 Å².